The summed E-state index contributed by atoms with van der Waals surface area (Å²) in [6.07, 6.45) is -9.97. The highest BCUT2D eigenvalue weighted by atomic mass is 19.4. The summed E-state index contributed by atoms with van der Waals surface area (Å²) in [6.45, 7) is 4.36. The molecule has 38 heavy (non-hydrogen) atoms. The molecule has 0 saturated carbocycles. The van der Waals surface area contributed by atoms with Gasteiger partial charge in [-0.15, -0.1) is 0 Å². The normalized spacial score (nSPS) is 17.7. The molecule has 208 valence electrons. The third kappa shape index (κ3) is 6.26. The summed E-state index contributed by atoms with van der Waals surface area (Å²) in [4.78, 5) is 18.4. The van der Waals surface area contributed by atoms with Gasteiger partial charge < -0.3 is 19.7 Å². The molecule has 0 bridgehead atoms. The lowest BCUT2D eigenvalue weighted by molar-refractivity contribution is -0.143. The highest BCUT2D eigenvalue weighted by Gasteiger charge is 2.39. The van der Waals surface area contributed by atoms with Crippen molar-refractivity contribution in [3.8, 4) is 11.5 Å². The maximum Gasteiger partial charge on any atom is 0.416 e. The molecule has 2 fully saturated rings. The van der Waals surface area contributed by atoms with Crippen molar-refractivity contribution >= 4 is 11.7 Å². The standard InChI is InChI=1S/C25H28F6N4O3/c1-37-21-4-3-5-22(38-2)20(21)15-33-6-8-34(9-7-33)19-13-35(14-19)23(36)32-18-11-16(24(26,27)28)10-17(12-18)25(29,30)31/h3-5,10-12,19H,6-9,13-15H2,1-2H3,(H,32,36). The van der Waals surface area contributed by atoms with Gasteiger partial charge in [-0.25, -0.2) is 4.79 Å². The van der Waals surface area contributed by atoms with E-state index in [2.05, 4.69) is 15.1 Å². The predicted molar refractivity (Wildman–Crippen MR) is 127 cm³/mol. The number of alkyl halides is 6. The third-order valence-electron chi connectivity index (χ3n) is 6.82. The second-order valence-corrected chi connectivity index (χ2v) is 9.24. The van der Waals surface area contributed by atoms with Crippen LogP contribution in [0.1, 0.15) is 16.7 Å². The maximum atomic E-state index is 13.1. The van der Waals surface area contributed by atoms with Crippen LogP contribution < -0.4 is 14.8 Å². The fourth-order valence-electron chi connectivity index (χ4n) is 4.68. The SMILES string of the molecule is COc1cccc(OC)c1CN1CCN(C2CN(C(=O)Nc3cc(C(F)(F)F)cc(C(F)(F)F)c3)C2)CC1. The van der Waals surface area contributed by atoms with Gasteiger partial charge in [-0.2, -0.15) is 26.3 Å². The molecule has 2 aliphatic rings. The van der Waals surface area contributed by atoms with Gasteiger partial charge in [0.15, 0.2) is 0 Å². The van der Waals surface area contributed by atoms with E-state index < -0.39 is 35.2 Å². The number of nitrogens with zero attached hydrogens (tertiary/aromatic N) is 3. The van der Waals surface area contributed by atoms with Crippen molar-refractivity contribution in [3.05, 3.63) is 53.1 Å². The summed E-state index contributed by atoms with van der Waals surface area (Å²) in [6, 6.07) is 5.97. The molecular weight excluding hydrogens is 518 g/mol. The zero-order valence-corrected chi connectivity index (χ0v) is 20.8. The van der Waals surface area contributed by atoms with Crippen LogP contribution in [0.25, 0.3) is 0 Å². The van der Waals surface area contributed by atoms with E-state index in [1.807, 2.05) is 18.2 Å². The minimum atomic E-state index is -4.98. The Morgan fingerprint density at radius 1 is 0.895 bits per heavy atom. The van der Waals surface area contributed by atoms with Gasteiger partial charge in [-0.3, -0.25) is 9.80 Å². The Morgan fingerprint density at radius 2 is 1.42 bits per heavy atom. The van der Waals surface area contributed by atoms with Crippen molar-refractivity contribution in [2.45, 2.75) is 24.9 Å². The fraction of sp³-hybridized carbons (Fsp3) is 0.480. The summed E-state index contributed by atoms with van der Waals surface area (Å²) in [7, 11) is 3.22. The first-order valence-corrected chi connectivity index (χ1v) is 11.9. The first kappa shape index (κ1) is 27.8. The largest absolute Gasteiger partial charge is 0.496 e. The van der Waals surface area contributed by atoms with Crippen molar-refractivity contribution in [2.75, 3.05) is 58.8 Å². The first-order chi connectivity index (χ1) is 17.9. The van der Waals surface area contributed by atoms with Crippen LogP contribution in [0.15, 0.2) is 36.4 Å². The van der Waals surface area contributed by atoms with Crippen LogP contribution >= 0.6 is 0 Å². The lowest BCUT2D eigenvalue weighted by Gasteiger charge is -2.48. The van der Waals surface area contributed by atoms with Gasteiger partial charge in [-0.1, -0.05) is 6.07 Å². The number of hydrogen-bond donors (Lipinski definition) is 1. The Labute approximate surface area is 215 Å². The van der Waals surface area contributed by atoms with Gasteiger partial charge in [0.05, 0.1) is 30.9 Å². The molecule has 13 heteroatoms. The maximum absolute atomic E-state index is 13.1. The molecule has 0 aromatic heterocycles. The quantitative estimate of drug-likeness (QED) is 0.529. The molecule has 7 nitrogen and oxygen atoms in total. The molecule has 2 heterocycles. The van der Waals surface area contributed by atoms with Gasteiger partial charge in [-0.05, 0) is 30.3 Å². The number of methoxy groups -OCH3 is 2. The molecule has 4 rings (SSSR count). The molecule has 0 spiro atoms. The number of urea groups is 1. The average Bonchev–Trinajstić information content (AvgIpc) is 2.83. The summed E-state index contributed by atoms with van der Waals surface area (Å²) in [5.41, 5.74) is -2.55. The van der Waals surface area contributed by atoms with Gasteiger partial charge in [0.2, 0.25) is 0 Å². The third-order valence-corrected chi connectivity index (χ3v) is 6.82. The Balaban J connectivity index is 1.30. The number of benzene rings is 2. The van der Waals surface area contributed by atoms with Crippen LogP contribution in [0.4, 0.5) is 36.8 Å². The molecule has 2 aromatic rings. The fourth-order valence-corrected chi connectivity index (χ4v) is 4.68. The molecule has 0 unspecified atom stereocenters. The number of piperazine rings is 1. The predicted octanol–water partition coefficient (Wildman–Crippen LogP) is 4.78. The van der Waals surface area contributed by atoms with E-state index in [1.165, 1.54) is 4.90 Å². The van der Waals surface area contributed by atoms with E-state index in [0.717, 1.165) is 43.2 Å². The second kappa shape index (κ2) is 10.9. The monoisotopic (exact) mass is 546 g/mol. The van der Waals surface area contributed by atoms with E-state index in [-0.39, 0.29) is 12.1 Å². The number of ether oxygens (including phenoxy) is 2. The minimum absolute atomic E-state index is 0.0267. The van der Waals surface area contributed by atoms with Crippen LogP contribution in [-0.2, 0) is 18.9 Å². The van der Waals surface area contributed by atoms with Crippen LogP contribution in [0.2, 0.25) is 0 Å². The number of halogens is 6. The molecule has 1 N–H and O–H groups in total. The highest BCUT2D eigenvalue weighted by Crippen LogP contribution is 2.38. The number of carbonyl (C=O) groups is 1. The molecule has 0 atom stereocenters. The zero-order chi connectivity index (χ0) is 27.7. The minimum Gasteiger partial charge on any atom is -0.496 e. The lowest BCUT2D eigenvalue weighted by Crippen LogP contribution is -2.64. The number of rotatable bonds is 6. The highest BCUT2D eigenvalue weighted by molar-refractivity contribution is 5.90. The van der Waals surface area contributed by atoms with Crippen molar-refractivity contribution in [2.24, 2.45) is 0 Å². The summed E-state index contributed by atoms with van der Waals surface area (Å²) >= 11 is 0. The number of likely N-dealkylation sites (tertiary alicyclic amines) is 1. The average molecular weight is 547 g/mol. The van der Waals surface area contributed by atoms with Crippen molar-refractivity contribution in [1.82, 2.24) is 14.7 Å². The molecule has 2 aliphatic heterocycles. The topological polar surface area (TPSA) is 57.3 Å². The van der Waals surface area contributed by atoms with E-state index in [9.17, 15) is 31.1 Å². The Morgan fingerprint density at radius 3 is 1.89 bits per heavy atom. The molecular formula is C25H28F6N4O3. The zero-order valence-electron chi connectivity index (χ0n) is 20.8. The molecule has 2 aromatic carbocycles. The van der Waals surface area contributed by atoms with Crippen LogP contribution in [-0.4, -0.2) is 80.3 Å². The molecule has 2 saturated heterocycles. The number of carbonyl (C=O) groups excluding carboxylic acids is 1. The van der Waals surface area contributed by atoms with E-state index >= 15 is 0 Å². The smallest absolute Gasteiger partial charge is 0.416 e. The van der Waals surface area contributed by atoms with E-state index in [0.29, 0.717) is 31.8 Å². The number of nitrogens with one attached hydrogen (secondary N) is 1. The molecule has 0 radical (unpaired) electrons. The first-order valence-electron chi connectivity index (χ1n) is 11.9. The lowest BCUT2D eigenvalue weighted by atomic mass is 10.1. The van der Waals surface area contributed by atoms with Gasteiger partial charge >= 0.3 is 18.4 Å². The van der Waals surface area contributed by atoms with Crippen molar-refractivity contribution in [1.29, 1.82) is 0 Å². The van der Waals surface area contributed by atoms with Crippen LogP contribution in [0, 0.1) is 0 Å². The van der Waals surface area contributed by atoms with Crippen molar-refractivity contribution < 1.29 is 40.6 Å². The summed E-state index contributed by atoms with van der Waals surface area (Å²) < 4.78 is 89.4. The van der Waals surface area contributed by atoms with Crippen LogP contribution in [0.5, 0.6) is 11.5 Å². The molecule has 0 aliphatic carbocycles. The van der Waals surface area contributed by atoms with Crippen LogP contribution in [0.3, 0.4) is 0 Å². The summed E-state index contributed by atoms with van der Waals surface area (Å²) in [5, 5.41) is 2.18. The van der Waals surface area contributed by atoms with Crippen molar-refractivity contribution in [3.63, 3.8) is 0 Å². The number of anilines is 1. The Kier molecular flexibility index (Phi) is 7.98. The summed E-state index contributed by atoms with van der Waals surface area (Å²) in [5.74, 6) is 1.49. The number of hydrogen-bond acceptors (Lipinski definition) is 5. The molecule has 2 amide bonds. The second-order valence-electron chi connectivity index (χ2n) is 9.24. The Hall–Kier alpha value is -3.19. The van der Waals surface area contributed by atoms with E-state index in [1.54, 1.807) is 14.2 Å². The Bertz CT molecular complexity index is 1090. The van der Waals surface area contributed by atoms with E-state index in [4.69, 9.17) is 9.47 Å². The van der Waals surface area contributed by atoms with Gasteiger partial charge in [0.25, 0.3) is 0 Å². The van der Waals surface area contributed by atoms with Gasteiger partial charge in [0.1, 0.15) is 11.5 Å². The number of amides is 2. The van der Waals surface area contributed by atoms with Gasteiger partial charge in [0, 0.05) is 57.5 Å².